The van der Waals surface area contributed by atoms with Gasteiger partial charge >= 0.3 is 0 Å². The Bertz CT molecular complexity index is 97.1. The Kier molecular flexibility index (Phi) is 5.12. The van der Waals surface area contributed by atoms with Crippen molar-refractivity contribution in [3.63, 3.8) is 0 Å². The summed E-state index contributed by atoms with van der Waals surface area (Å²) in [6.45, 7) is 0.911. The minimum Gasteiger partial charge on any atom is -0.306 e. The number of hydrogen-bond acceptors (Lipinski definition) is 2. The van der Waals surface area contributed by atoms with Gasteiger partial charge in [0.1, 0.15) is 6.29 Å². The summed E-state index contributed by atoms with van der Waals surface area (Å²) in [4.78, 5) is 11.8. The quantitative estimate of drug-likeness (QED) is 0.409. The number of carbonyl (C=O) groups is 1. The average Bonchev–Trinajstić information content (AvgIpc) is 1.80. The van der Waals surface area contributed by atoms with Crippen LogP contribution in [0.5, 0.6) is 0 Å². The SMILES string of the molecule is CN(C)CC=CCC=O. The van der Waals surface area contributed by atoms with Crippen LogP contribution in [-0.4, -0.2) is 31.8 Å². The minimum atomic E-state index is 0.536. The maximum atomic E-state index is 9.78. The largest absolute Gasteiger partial charge is 0.306 e. The number of hydrogen-bond donors (Lipinski definition) is 0. The lowest BCUT2D eigenvalue weighted by atomic mass is 10.4. The summed E-state index contributed by atoms with van der Waals surface area (Å²) < 4.78 is 0. The lowest BCUT2D eigenvalue weighted by molar-refractivity contribution is -0.107. The van der Waals surface area contributed by atoms with Crippen molar-refractivity contribution in [2.45, 2.75) is 6.42 Å². The summed E-state index contributed by atoms with van der Waals surface area (Å²) in [5, 5.41) is 0. The molecule has 2 nitrogen and oxygen atoms in total. The van der Waals surface area contributed by atoms with E-state index in [9.17, 15) is 4.79 Å². The number of carbonyl (C=O) groups excluding carboxylic acids is 1. The molecule has 0 radical (unpaired) electrons. The summed E-state index contributed by atoms with van der Waals surface area (Å²) in [5.74, 6) is 0. The van der Waals surface area contributed by atoms with E-state index in [0.29, 0.717) is 6.42 Å². The van der Waals surface area contributed by atoms with Gasteiger partial charge in [-0.3, -0.25) is 0 Å². The van der Waals surface area contributed by atoms with Crippen LogP contribution in [-0.2, 0) is 4.79 Å². The van der Waals surface area contributed by atoms with Gasteiger partial charge in [-0.25, -0.2) is 0 Å². The summed E-state index contributed by atoms with van der Waals surface area (Å²) in [6, 6.07) is 0. The van der Waals surface area contributed by atoms with Gasteiger partial charge in [0.15, 0.2) is 0 Å². The van der Waals surface area contributed by atoms with Crippen molar-refractivity contribution in [1.29, 1.82) is 0 Å². The van der Waals surface area contributed by atoms with Crippen molar-refractivity contribution in [3.05, 3.63) is 12.2 Å². The Labute approximate surface area is 56.2 Å². The van der Waals surface area contributed by atoms with E-state index in [2.05, 4.69) is 0 Å². The molecule has 0 rings (SSSR count). The van der Waals surface area contributed by atoms with E-state index >= 15 is 0 Å². The van der Waals surface area contributed by atoms with E-state index in [1.165, 1.54) is 0 Å². The number of rotatable bonds is 4. The third-order valence-electron chi connectivity index (χ3n) is 0.870. The van der Waals surface area contributed by atoms with Gasteiger partial charge in [-0.1, -0.05) is 12.2 Å². The van der Waals surface area contributed by atoms with Gasteiger partial charge in [-0.05, 0) is 14.1 Å². The highest BCUT2D eigenvalue weighted by Gasteiger charge is 1.79. The smallest absolute Gasteiger partial charge is 0.123 e. The van der Waals surface area contributed by atoms with Crippen LogP contribution in [0.25, 0.3) is 0 Å². The van der Waals surface area contributed by atoms with Crippen molar-refractivity contribution < 1.29 is 4.79 Å². The highest BCUT2D eigenvalue weighted by molar-refractivity contribution is 5.51. The van der Waals surface area contributed by atoms with Crippen molar-refractivity contribution in [2.24, 2.45) is 0 Å². The second-order valence-electron chi connectivity index (χ2n) is 2.14. The maximum absolute atomic E-state index is 9.78. The average molecular weight is 127 g/mol. The fraction of sp³-hybridized carbons (Fsp3) is 0.571. The maximum Gasteiger partial charge on any atom is 0.123 e. The standard InChI is InChI=1S/C7H13NO/c1-8(2)6-4-3-5-7-9/h3-4,7H,5-6H2,1-2H3. The van der Waals surface area contributed by atoms with Gasteiger partial charge in [-0.15, -0.1) is 0 Å². The second kappa shape index (κ2) is 5.51. The van der Waals surface area contributed by atoms with Crippen molar-refractivity contribution in [1.82, 2.24) is 4.90 Å². The van der Waals surface area contributed by atoms with Crippen LogP contribution in [0.3, 0.4) is 0 Å². The summed E-state index contributed by atoms with van der Waals surface area (Å²) in [6.07, 6.45) is 5.28. The van der Waals surface area contributed by atoms with Crippen molar-refractivity contribution in [2.75, 3.05) is 20.6 Å². The Morgan fingerprint density at radius 3 is 2.44 bits per heavy atom. The number of allylic oxidation sites excluding steroid dienone is 1. The molecule has 0 aliphatic carbocycles. The first kappa shape index (κ1) is 8.37. The van der Waals surface area contributed by atoms with Gasteiger partial charge < -0.3 is 9.69 Å². The van der Waals surface area contributed by atoms with Gasteiger partial charge in [0.2, 0.25) is 0 Å². The van der Waals surface area contributed by atoms with Crippen LogP contribution in [0.4, 0.5) is 0 Å². The molecule has 0 saturated carbocycles. The molecule has 2 heteroatoms. The highest BCUT2D eigenvalue weighted by atomic mass is 16.1. The highest BCUT2D eigenvalue weighted by Crippen LogP contribution is 1.79. The number of likely N-dealkylation sites (N-methyl/N-ethyl adjacent to an activating group) is 1. The minimum absolute atomic E-state index is 0.536. The van der Waals surface area contributed by atoms with Gasteiger partial charge in [0.05, 0.1) is 0 Å². The van der Waals surface area contributed by atoms with Crippen LogP contribution in [0.2, 0.25) is 0 Å². The van der Waals surface area contributed by atoms with Crippen LogP contribution < -0.4 is 0 Å². The molecule has 0 heterocycles. The molecule has 0 unspecified atom stereocenters. The molecule has 0 aromatic rings. The summed E-state index contributed by atoms with van der Waals surface area (Å²) in [5.41, 5.74) is 0. The molecule has 52 valence electrons. The fourth-order valence-corrected chi connectivity index (χ4v) is 0.437. The first-order valence-corrected chi connectivity index (χ1v) is 3.00. The topological polar surface area (TPSA) is 20.3 Å². The number of nitrogens with zero attached hydrogens (tertiary/aromatic N) is 1. The Hall–Kier alpha value is -0.630. The Balaban J connectivity index is 3.14. The van der Waals surface area contributed by atoms with Gasteiger partial charge in [0.25, 0.3) is 0 Å². The second-order valence-corrected chi connectivity index (χ2v) is 2.14. The third-order valence-corrected chi connectivity index (χ3v) is 0.870. The van der Waals surface area contributed by atoms with Crippen LogP contribution >= 0.6 is 0 Å². The van der Waals surface area contributed by atoms with Crippen LogP contribution in [0.1, 0.15) is 6.42 Å². The van der Waals surface area contributed by atoms with E-state index in [1.54, 1.807) is 0 Å². The predicted octanol–water partition coefficient (Wildman–Crippen LogP) is 0.693. The molecule has 0 bridgehead atoms. The van der Waals surface area contributed by atoms with E-state index in [0.717, 1.165) is 12.8 Å². The molecule has 0 fully saturated rings. The van der Waals surface area contributed by atoms with Crippen LogP contribution in [0.15, 0.2) is 12.2 Å². The molecule has 0 atom stereocenters. The van der Waals surface area contributed by atoms with E-state index in [1.807, 2.05) is 31.1 Å². The third kappa shape index (κ3) is 7.37. The van der Waals surface area contributed by atoms with E-state index < -0.39 is 0 Å². The first-order valence-electron chi connectivity index (χ1n) is 3.00. The van der Waals surface area contributed by atoms with Crippen LogP contribution in [0, 0.1) is 0 Å². The van der Waals surface area contributed by atoms with Crippen molar-refractivity contribution in [3.8, 4) is 0 Å². The number of aldehydes is 1. The Morgan fingerprint density at radius 2 is 2.00 bits per heavy atom. The first-order chi connectivity index (χ1) is 4.27. The lowest BCUT2D eigenvalue weighted by Gasteiger charge is -2.02. The summed E-state index contributed by atoms with van der Waals surface area (Å²) >= 11 is 0. The molecule has 9 heavy (non-hydrogen) atoms. The molecular weight excluding hydrogens is 114 g/mol. The Morgan fingerprint density at radius 1 is 1.33 bits per heavy atom. The van der Waals surface area contributed by atoms with Gasteiger partial charge in [0, 0.05) is 13.0 Å². The lowest BCUT2D eigenvalue weighted by Crippen LogP contribution is -2.10. The molecule has 0 aliphatic rings. The zero-order valence-electron chi connectivity index (χ0n) is 6.00. The van der Waals surface area contributed by atoms with E-state index in [-0.39, 0.29) is 0 Å². The van der Waals surface area contributed by atoms with Gasteiger partial charge in [-0.2, -0.15) is 0 Å². The van der Waals surface area contributed by atoms with Crippen molar-refractivity contribution >= 4 is 6.29 Å². The monoisotopic (exact) mass is 127 g/mol. The van der Waals surface area contributed by atoms with E-state index in [4.69, 9.17) is 0 Å². The predicted molar refractivity (Wildman–Crippen MR) is 38.4 cm³/mol. The fourth-order valence-electron chi connectivity index (χ4n) is 0.437. The normalized spacial score (nSPS) is 11.0. The molecule has 0 amide bonds. The molecule has 0 spiro atoms. The molecule has 0 saturated heterocycles. The molecule has 0 aliphatic heterocycles. The molecule has 0 aromatic heterocycles. The molecular formula is C7H13NO. The molecule has 0 aromatic carbocycles. The molecule has 0 N–H and O–H groups in total. The zero-order chi connectivity index (χ0) is 7.11. The zero-order valence-corrected chi connectivity index (χ0v) is 6.00. The summed E-state index contributed by atoms with van der Waals surface area (Å²) in [7, 11) is 3.98.